The van der Waals surface area contributed by atoms with Crippen LogP contribution in [0.1, 0.15) is 47.5 Å². The van der Waals surface area contributed by atoms with Gasteiger partial charge in [-0.25, -0.2) is 9.97 Å². The van der Waals surface area contributed by atoms with E-state index in [1.807, 2.05) is 25.1 Å². The maximum absolute atomic E-state index is 13.1. The number of hydrogen-bond donors (Lipinski definition) is 2. The van der Waals surface area contributed by atoms with Crippen molar-refractivity contribution in [3.63, 3.8) is 0 Å². The molecule has 1 aliphatic rings. The molecule has 0 spiro atoms. The molecule has 1 atom stereocenters. The summed E-state index contributed by atoms with van der Waals surface area (Å²) in [5.41, 5.74) is 1.89. The zero-order valence-corrected chi connectivity index (χ0v) is 19.8. The van der Waals surface area contributed by atoms with E-state index in [-0.39, 0.29) is 17.6 Å². The largest absolute Gasteiger partial charge is 0.497 e. The Kier molecular flexibility index (Phi) is 6.62. The number of carbonyl (C=O) groups excluding carboxylic acids is 1. The second-order valence-electron chi connectivity index (χ2n) is 8.76. The third-order valence-corrected chi connectivity index (χ3v) is 7.00. The Balaban J connectivity index is 1.47. The molecule has 4 rings (SSSR count). The highest BCUT2D eigenvalue weighted by Gasteiger charge is 2.30. The number of aromatic nitrogens is 2. The molecule has 7 nitrogen and oxygen atoms in total. The minimum Gasteiger partial charge on any atom is -0.497 e. The van der Waals surface area contributed by atoms with Crippen LogP contribution in [-0.2, 0) is 11.2 Å². The molecule has 3 heterocycles. The predicted octanol–water partition coefficient (Wildman–Crippen LogP) is 4.35. The van der Waals surface area contributed by atoms with Crippen molar-refractivity contribution >= 4 is 33.3 Å². The number of nitrogens with zero attached hydrogens (tertiary/aromatic N) is 2. The number of nitrogens with one attached hydrogen (secondary N) is 2. The van der Waals surface area contributed by atoms with Crippen LogP contribution in [0.4, 0.5) is 5.82 Å². The standard InChI is InChI=1S/C24H30N4O3S/c1-15-19-21(25-10-8-16-6-5-7-18(12-16)30-4)26-14-27-23(19)32-20(15)22(29)28-17-9-11-31-24(2,3)13-17/h5-7,12,14,17H,8-11,13H2,1-4H3,(H,28,29)(H,25,26,27)/t17-/m1/s1. The number of carbonyl (C=O) groups is 1. The van der Waals surface area contributed by atoms with Crippen LogP contribution in [0.15, 0.2) is 30.6 Å². The summed E-state index contributed by atoms with van der Waals surface area (Å²) in [5, 5.41) is 7.54. The summed E-state index contributed by atoms with van der Waals surface area (Å²) in [6, 6.07) is 8.16. The van der Waals surface area contributed by atoms with Crippen LogP contribution in [0.3, 0.4) is 0 Å². The second-order valence-corrected chi connectivity index (χ2v) is 9.76. The van der Waals surface area contributed by atoms with Crippen LogP contribution in [0.2, 0.25) is 0 Å². The topological polar surface area (TPSA) is 85.4 Å². The first-order chi connectivity index (χ1) is 15.4. The van der Waals surface area contributed by atoms with Crippen molar-refractivity contribution in [2.24, 2.45) is 0 Å². The fourth-order valence-corrected chi connectivity index (χ4v) is 5.23. The van der Waals surface area contributed by atoms with Gasteiger partial charge in [-0.1, -0.05) is 12.1 Å². The summed E-state index contributed by atoms with van der Waals surface area (Å²) in [4.78, 5) is 23.4. The van der Waals surface area contributed by atoms with Crippen molar-refractivity contribution in [1.29, 1.82) is 0 Å². The zero-order chi connectivity index (χ0) is 22.7. The minimum atomic E-state index is -0.212. The molecule has 0 bridgehead atoms. The lowest BCUT2D eigenvalue weighted by Crippen LogP contribution is -2.45. The average molecular weight is 455 g/mol. The summed E-state index contributed by atoms with van der Waals surface area (Å²) in [7, 11) is 1.67. The van der Waals surface area contributed by atoms with Crippen molar-refractivity contribution in [2.75, 3.05) is 25.6 Å². The Labute approximate surface area is 192 Å². The Morgan fingerprint density at radius 2 is 2.19 bits per heavy atom. The average Bonchev–Trinajstić information content (AvgIpc) is 3.11. The van der Waals surface area contributed by atoms with Gasteiger partial charge in [0.05, 0.1) is 23.0 Å². The first-order valence-corrected chi connectivity index (χ1v) is 11.7. The van der Waals surface area contributed by atoms with Crippen molar-refractivity contribution < 1.29 is 14.3 Å². The lowest BCUT2D eigenvalue weighted by Gasteiger charge is -2.35. The molecule has 32 heavy (non-hydrogen) atoms. The molecule has 0 unspecified atom stereocenters. The van der Waals surface area contributed by atoms with Crippen molar-refractivity contribution in [1.82, 2.24) is 15.3 Å². The number of rotatable bonds is 7. The summed E-state index contributed by atoms with van der Waals surface area (Å²) in [6.45, 7) is 7.48. The molecule has 170 valence electrons. The van der Waals surface area contributed by atoms with E-state index >= 15 is 0 Å². The highest BCUT2D eigenvalue weighted by molar-refractivity contribution is 7.20. The van der Waals surface area contributed by atoms with Gasteiger partial charge < -0.3 is 20.1 Å². The van der Waals surface area contributed by atoms with E-state index in [1.54, 1.807) is 13.4 Å². The third kappa shape index (κ3) is 5.02. The van der Waals surface area contributed by atoms with E-state index in [4.69, 9.17) is 9.47 Å². The van der Waals surface area contributed by atoms with Crippen molar-refractivity contribution in [3.8, 4) is 5.75 Å². The van der Waals surface area contributed by atoms with Crippen LogP contribution >= 0.6 is 11.3 Å². The molecule has 1 aliphatic heterocycles. The van der Waals surface area contributed by atoms with Gasteiger partial charge in [-0.15, -0.1) is 11.3 Å². The predicted molar refractivity (Wildman–Crippen MR) is 128 cm³/mol. The smallest absolute Gasteiger partial charge is 0.261 e. The maximum atomic E-state index is 13.1. The molecule has 0 saturated carbocycles. The van der Waals surface area contributed by atoms with E-state index in [0.29, 0.717) is 18.0 Å². The quantitative estimate of drug-likeness (QED) is 0.552. The number of amides is 1. The van der Waals surface area contributed by atoms with Gasteiger partial charge in [0.25, 0.3) is 5.91 Å². The van der Waals surface area contributed by atoms with Crippen LogP contribution in [-0.4, -0.2) is 47.8 Å². The van der Waals surface area contributed by atoms with Gasteiger partial charge in [0, 0.05) is 19.2 Å². The Morgan fingerprint density at radius 1 is 1.34 bits per heavy atom. The molecule has 0 aliphatic carbocycles. The molecule has 2 aromatic heterocycles. The highest BCUT2D eigenvalue weighted by Crippen LogP contribution is 2.34. The first kappa shape index (κ1) is 22.5. The first-order valence-electron chi connectivity index (χ1n) is 10.9. The SMILES string of the molecule is COc1cccc(CCNc2ncnc3sc(C(=O)N[C@@H]4CCOC(C)(C)C4)c(C)c23)c1. The number of aryl methyl sites for hydroxylation is 1. The summed E-state index contributed by atoms with van der Waals surface area (Å²) in [5.74, 6) is 1.57. The van der Waals surface area contributed by atoms with Crippen LogP contribution in [0, 0.1) is 6.92 Å². The third-order valence-electron chi connectivity index (χ3n) is 5.81. The van der Waals surface area contributed by atoms with Gasteiger partial charge in [0.2, 0.25) is 0 Å². The van der Waals surface area contributed by atoms with Gasteiger partial charge in [0.1, 0.15) is 22.7 Å². The summed E-state index contributed by atoms with van der Waals surface area (Å²) >= 11 is 1.42. The molecule has 2 N–H and O–H groups in total. The van der Waals surface area contributed by atoms with E-state index in [1.165, 1.54) is 16.9 Å². The van der Waals surface area contributed by atoms with Gasteiger partial charge in [0.15, 0.2) is 0 Å². The lowest BCUT2D eigenvalue weighted by atomic mass is 9.94. The molecule has 1 amide bonds. The van der Waals surface area contributed by atoms with Gasteiger partial charge in [-0.3, -0.25) is 4.79 Å². The molecule has 8 heteroatoms. The van der Waals surface area contributed by atoms with Gasteiger partial charge >= 0.3 is 0 Å². The van der Waals surface area contributed by atoms with Crippen LogP contribution < -0.4 is 15.4 Å². The van der Waals surface area contributed by atoms with E-state index < -0.39 is 0 Å². The number of hydrogen-bond acceptors (Lipinski definition) is 7. The molecule has 1 saturated heterocycles. The van der Waals surface area contributed by atoms with Crippen LogP contribution in [0.25, 0.3) is 10.2 Å². The minimum absolute atomic E-state index is 0.0458. The van der Waals surface area contributed by atoms with E-state index in [9.17, 15) is 4.79 Å². The van der Waals surface area contributed by atoms with Gasteiger partial charge in [-0.2, -0.15) is 0 Å². The van der Waals surface area contributed by atoms with E-state index in [0.717, 1.165) is 46.6 Å². The normalized spacial score (nSPS) is 17.8. The number of methoxy groups -OCH3 is 1. The van der Waals surface area contributed by atoms with Crippen molar-refractivity contribution in [2.45, 2.75) is 51.7 Å². The summed E-state index contributed by atoms with van der Waals surface area (Å²) < 4.78 is 11.1. The summed E-state index contributed by atoms with van der Waals surface area (Å²) in [6.07, 6.45) is 4.02. The Hall–Kier alpha value is -2.71. The highest BCUT2D eigenvalue weighted by atomic mass is 32.1. The maximum Gasteiger partial charge on any atom is 0.261 e. The van der Waals surface area contributed by atoms with E-state index in [2.05, 4.69) is 40.5 Å². The molecule has 3 aromatic rings. The number of thiophene rings is 1. The number of ether oxygens (including phenoxy) is 2. The molecule has 1 aromatic carbocycles. The molecular formula is C24H30N4O3S. The monoisotopic (exact) mass is 454 g/mol. The molecule has 0 radical (unpaired) electrons. The number of fused-ring (bicyclic) bond motifs is 1. The van der Waals surface area contributed by atoms with Crippen LogP contribution in [0.5, 0.6) is 5.75 Å². The van der Waals surface area contributed by atoms with Crippen molar-refractivity contribution in [3.05, 3.63) is 46.6 Å². The number of anilines is 1. The Morgan fingerprint density at radius 3 is 2.97 bits per heavy atom. The number of benzene rings is 1. The Bertz CT molecular complexity index is 1110. The fraction of sp³-hybridized carbons (Fsp3) is 0.458. The van der Waals surface area contributed by atoms with Gasteiger partial charge in [-0.05, 0) is 63.3 Å². The molecule has 1 fully saturated rings. The zero-order valence-electron chi connectivity index (χ0n) is 19.0. The molecular weight excluding hydrogens is 424 g/mol. The fourth-order valence-electron chi connectivity index (χ4n) is 4.18. The lowest BCUT2D eigenvalue weighted by molar-refractivity contribution is -0.0615. The second kappa shape index (κ2) is 9.42.